The summed E-state index contributed by atoms with van der Waals surface area (Å²) in [6, 6.07) is 12.6. The van der Waals surface area contributed by atoms with Crippen molar-refractivity contribution in [2.75, 3.05) is 0 Å². The average Bonchev–Trinajstić information content (AvgIpc) is 3.41. The summed E-state index contributed by atoms with van der Waals surface area (Å²) < 4.78 is 7.37. The predicted molar refractivity (Wildman–Crippen MR) is 133 cm³/mol. The Morgan fingerprint density at radius 3 is 2.62 bits per heavy atom. The van der Waals surface area contributed by atoms with Gasteiger partial charge in [0.15, 0.2) is 5.16 Å². The molecule has 0 spiro atoms. The lowest BCUT2D eigenvalue weighted by Crippen LogP contribution is -2.24. The number of aromatic nitrogens is 2. The molecule has 5 rings (SSSR count). The first-order valence-corrected chi connectivity index (χ1v) is 13.0. The van der Waals surface area contributed by atoms with Gasteiger partial charge in [0, 0.05) is 10.6 Å². The number of furan rings is 1. The van der Waals surface area contributed by atoms with Gasteiger partial charge in [-0.15, -0.1) is 11.3 Å². The van der Waals surface area contributed by atoms with Crippen LogP contribution in [0.1, 0.15) is 60.9 Å². The maximum atomic E-state index is 13.6. The summed E-state index contributed by atoms with van der Waals surface area (Å²) >= 11 is 3.34. The minimum atomic E-state index is 0.0661. The van der Waals surface area contributed by atoms with Gasteiger partial charge in [0.25, 0.3) is 5.56 Å². The normalized spacial score (nSPS) is 14.1. The van der Waals surface area contributed by atoms with Gasteiger partial charge in [-0.3, -0.25) is 9.36 Å². The molecule has 32 heavy (non-hydrogen) atoms. The lowest BCUT2D eigenvalue weighted by Gasteiger charge is -2.19. The standard InChI is InChI=1S/C26H28N2O2S2/c1-26(2,3)18-12-10-17(11-13-18)16-31-25-27-23-22(20-8-4-5-9-21(20)32-23)24(29)28(25)15-19-7-6-14-30-19/h6-7,10-14H,4-5,8-9,15-16H2,1-3H3. The van der Waals surface area contributed by atoms with E-state index in [1.807, 2.05) is 12.1 Å². The van der Waals surface area contributed by atoms with Crippen LogP contribution >= 0.6 is 23.1 Å². The highest BCUT2D eigenvalue weighted by Crippen LogP contribution is 2.35. The Morgan fingerprint density at radius 1 is 1.12 bits per heavy atom. The van der Waals surface area contributed by atoms with Crippen LogP contribution in [0.3, 0.4) is 0 Å². The molecule has 166 valence electrons. The number of thioether (sulfide) groups is 1. The first-order valence-electron chi connectivity index (χ1n) is 11.2. The van der Waals surface area contributed by atoms with Gasteiger partial charge in [-0.25, -0.2) is 4.98 Å². The molecular weight excluding hydrogens is 436 g/mol. The van der Waals surface area contributed by atoms with Crippen molar-refractivity contribution in [3.63, 3.8) is 0 Å². The van der Waals surface area contributed by atoms with E-state index < -0.39 is 0 Å². The summed E-state index contributed by atoms with van der Waals surface area (Å²) in [5.74, 6) is 1.54. The van der Waals surface area contributed by atoms with Crippen molar-refractivity contribution >= 4 is 33.3 Å². The number of aryl methyl sites for hydroxylation is 2. The van der Waals surface area contributed by atoms with Gasteiger partial charge in [-0.2, -0.15) is 0 Å². The largest absolute Gasteiger partial charge is 0.467 e. The summed E-state index contributed by atoms with van der Waals surface area (Å²) in [5, 5.41) is 1.59. The fraction of sp³-hybridized carbons (Fsp3) is 0.385. The van der Waals surface area contributed by atoms with E-state index in [4.69, 9.17) is 9.40 Å². The maximum Gasteiger partial charge on any atom is 0.263 e. The fourth-order valence-electron chi connectivity index (χ4n) is 4.28. The molecule has 0 radical (unpaired) electrons. The molecule has 1 aliphatic carbocycles. The van der Waals surface area contributed by atoms with Crippen molar-refractivity contribution in [2.45, 2.75) is 69.3 Å². The molecule has 3 heterocycles. The topological polar surface area (TPSA) is 48.0 Å². The molecule has 1 aliphatic rings. The molecule has 0 unspecified atom stereocenters. The molecular formula is C26H28N2O2S2. The highest BCUT2D eigenvalue weighted by Gasteiger charge is 2.23. The van der Waals surface area contributed by atoms with Gasteiger partial charge in [0.05, 0.1) is 18.2 Å². The van der Waals surface area contributed by atoms with Gasteiger partial charge in [0.2, 0.25) is 0 Å². The van der Waals surface area contributed by atoms with Crippen LogP contribution in [-0.4, -0.2) is 9.55 Å². The van der Waals surface area contributed by atoms with Crippen molar-refractivity contribution in [3.05, 3.63) is 80.3 Å². The molecule has 4 aromatic rings. The third kappa shape index (κ3) is 4.18. The van der Waals surface area contributed by atoms with E-state index in [-0.39, 0.29) is 11.0 Å². The number of thiophene rings is 1. The van der Waals surface area contributed by atoms with E-state index in [0.717, 1.165) is 46.1 Å². The SMILES string of the molecule is CC(C)(C)c1ccc(CSc2nc3sc4c(c3c(=O)n2Cc2ccco2)CCCC4)cc1. The molecule has 6 heteroatoms. The molecule has 0 fully saturated rings. The average molecular weight is 465 g/mol. The van der Waals surface area contributed by atoms with E-state index in [2.05, 4.69) is 45.0 Å². The van der Waals surface area contributed by atoms with Crippen LogP contribution in [0.15, 0.2) is 57.0 Å². The summed E-state index contributed by atoms with van der Waals surface area (Å²) in [4.78, 5) is 20.9. The van der Waals surface area contributed by atoms with Crippen LogP contribution in [-0.2, 0) is 30.6 Å². The lowest BCUT2D eigenvalue weighted by molar-refractivity contribution is 0.476. The number of nitrogens with zero attached hydrogens (tertiary/aromatic N) is 2. The second kappa shape index (κ2) is 8.56. The molecule has 0 N–H and O–H groups in total. The molecule has 0 aliphatic heterocycles. The first-order chi connectivity index (χ1) is 15.4. The highest BCUT2D eigenvalue weighted by molar-refractivity contribution is 7.98. The zero-order valence-electron chi connectivity index (χ0n) is 18.8. The Hall–Kier alpha value is -2.31. The van der Waals surface area contributed by atoms with Crippen molar-refractivity contribution in [2.24, 2.45) is 0 Å². The quantitative estimate of drug-likeness (QED) is 0.248. The number of rotatable bonds is 5. The van der Waals surface area contributed by atoms with Gasteiger partial charge in [-0.05, 0) is 59.9 Å². The second-order valence-corrected chi connectivity index (χ2v) is 11.5. The summed E-state index contributed by atoms with van der Waals surface area (Å²) in [5.41, 5.74) is 3.99. The molecule has 0 atom stereocenters. The van der Waals surface area contributed by atoms with Crippen molar-refractivity contribution in [1.29, 1.82) is 0 Å². The van der Waals surface area contributed by atoms with Crippen LogP contribution in [0.4, 0.5) is 0 Å². The van der Waals surface area contributed by atoms with Crippen LogP contribution in [0.25, 0.3) is 10.2 Å². The number of hydrogen-bond donors (Lipinski definition) is 0. The molecule has 3 aromatic heterocycles. The third-order valence-electron chi connectivity index (χ3n) is 6.12. The van der Waals surface area contributed by atoms with Crippen LogP contribution < -0.4 is 5.56 Å². The van der Waals surface area contributed by atoms with E-state index in [9.17, 15) is 4.79 Å². The van der Waals surface area contributed by atoms with E-state index in [1.165, 1.54) is 28.0 Å². The molecule has 0 amide bonds. The number of hydrogen-bond acceptors (Lipinski definition) is 5. The van der Waals surface area contributed by atoms with Gasteiger partial charge >= 0.3 is 0 Å². The Kier molecular flexibility index (Phi) is 5.76. The van der Waals surface area contributed by atoms with Crippen LogP contribution in [0.5, 0.6) is 0 Å². The smallest absolute Gasteiger partial charge is 0.263 e. The van der Waals surface area contributed by atoms with Crippen molar-refractivity contribution < 1.29 is 4.42 Å². The number of fused-ring (bicyclic) bond motifs is 3. The lowest BCUT2D eigenvalue weighted by atomic mass is 9.87. The predicted octanol–water partition coefficient (Wildman–Crippen LogP) is 6.57. The first kappa shape index (κ1) is 21.5. The monoisotopic (exact) mass is 464 g/mol. The van der Waals surface area contributed by atoms with E-state index in [1.54, 1.807) is 33.9 Å². The molecule has 0 bridgehead atoms. The summed E-state index contributed by atoms with van der Waals surface area (Å²) in [7, 11) is 0. The van der Waals surface area contributed by atoms with Crippen molar-refractivity contribution in [3.8, 4) is 0 Å². The fourth-order valence-corrected chi connectivity index (χ4v) is 6.53. The maximum absolute atomic E-state index is 13.6. The summed E-state index contributed by atoms with van der Waals surface area (Å²) in [6.45, 7) is 7.09. The summed E-state index contributed by atoms with van der Waals surface area (Å²) in [6.07, 6.45) is 6.06. The Bertz CT molecular complexity index is 1290. The zero-order chi connectivity index (χ0) is 22.3. The Balaban J connectivity index is 1.51. The van der Waals surface area contributed by atoms with Gasteiger partial charge < -0.3 is 4.42 Å². The Morgan fingerprint density at radius 2 is 1.91 bits per heavy atom. The van der Waals surface area contributed by atoms with Crippen LogP contribution in [0.2, 0.25) is 0 Å². The third-order valence-corrected chi connectivity index (χ3v) is 8.36. The molecule has 1 aromatic carbocycles. The number of benzene rings is 1. The van der Waals surface area contributed by atoms with Gasteiger partial charge in [-0.1, -0.05) is 56.8 Å². The van der Waals surface area contributed by atoms with Crippen molar-refractivity contribution in [1.82, 2.24) is 9.55 Å². The molecule has 4 nitrogen and oxygen atoms in total. The van der Waals surface area contributed by atoms with Gasteiger partial charge in [0.1, 0.15) is 10.6 Å². The molecule has 0 saturated heterocycles. The highest BCUT2D eigenvalue weighted by atomic mass is 32.2. The minimum absolute atomic E-state index is 0.0661. The van der Waals surface area contributed by atoms with E-state index in [0.29, 0.717) is 6.54 Å². The minimum Gasteiger partial charge on any atom is -0.467 e. The van der Waals surface area contributed by atoms with E-state index >= 15 is 0 Å². The Labute approximate surface area is 196 Å². The second-order valence-electron chi connectivity index (χ2n) is 9.49. The zero-order valence-corrected chi connectivity index (χ0v) is 20.4. The molecule has 0 saturated carbocycles. The van der Waals surface area contributed by atoms with Crippen LogP contribution in [0, 0.1) is 0 Å².